The fraction of sp³-hybridized carbons (Fsp3) is 0.652. The van der Waals surface area contributed by atoms with Gasteiger partial charge in [-0.3, -0.25) is 9.59 Å². The van der Waals surface area contributed by atoms with Crippen LogP contribution in [0.4, 0.5) is 0 Å². The highest BCUT2D eigenvalue weighted by molar-refractivity contribution is 5.98. The Balaban J connectivity index is 1.41. The summed E-state index contributed by atoms with van der Waals surface area (Å²) < 4.78 is 6.47. The average Bonchev–Trinajstić information content (AvgIpc) is 2.96. The topological polar surface area (TPSA) is 58.6 Å². The van der Waals surface area contributed by atoms with Crippen molar-refractivity contribution in [2.24, 2.45) is 17.3 Å². The van der Waals surface area contributed by atoms with Crippen LogP contribution in [0.5, 0.6) is 5.75 Å². The molecule has 3 saturated carbocycles. The van der Waals surface area contributed by atoms with Gasteiger partial charge in [-0.2, -0.15) is 0 Å². The lowest BCUT2D eigenvalue weighted by Crippen LogP contribution is -2.69. The molecule has 1 saturated heterocycles. The molecule has 0 unspecified atom stereocenters. The van der Waals surface area contributed by atoms with Crippen LogP contribution in [0, 0.1) is 17.3 Å². The quantitative estimate of drug-likeness (QED) is 0.805. The number of carbonyl (C=O) groups is 2. The molecule has 4 atom stereocenters. The highest BCUT2D eigenvalue weighted by Crippen LogP contribution is 2.59. The van der Waals surface area contributed by atoms with Gasteiger partial charge in [0.05, 0.1) is 5.56 Å². The van der Waals surface area contributed by atoms with E-state index in [1.807, 2.05) is 24.3 Å². The zero-order valence-electron chi connectivity index (χ0n) is 16.7. The molecule has 0 aromatic heterocycles. The maximum absolute atomic E-state index is 13.4. The minimum absolute atomic E-state index is 0.0478. The molecular formula is C23H30N2O3. The van der Waals surface area contributed by atoms with Gasteiger partial charge in [0.25, 0.3) is 5.91 Å². The molecule has 1 aromatic carbocycles. The van der Waals surface area contributed by atoms with E-state index in [4.69, 9.17) is 4.74 Å². The van der Waals surface area contributed by atoms with Crippen LogP contribution in [-0.4, -0.2) is 35.5 Å². The lowest BCUT2D eigenvalue weighted by Gasteiger charge is -2.60. The van der Waals surface area contributed by atoms with E-state index in [2.05, 4.69) is 17.1 Å². The van der Waals surface area contributed by atoms with Crippen molar-refractivity contribution < 1.29 is 14.3 Å². The zero-order valence-corrected chi connectivity index (χ0v) is 16.7. The van der Waals surface area contributed by atoms with Gasteiger partial charge in [-0.1, -0.05) is 31.9 Å². The Morgan fingerprint density at radius 3 is 2.68 bits per heavy atom. The van der Waals surface area contributed by atoms with Crippen LogP contribution in [0.1, 0.15) is 68.6 Å². The summed E-state index contributed by atoms with van der Waals surface area (Å²) in [5, 5.41) is 3.21. The molecule has 150 valence electrons. The van der Waals surface area contributed by atoms with Gasteiger partial charge < -0.3 is 15.0 Å². The van der Waals surface area contributed by atoms with Crippen LogP contribution in [-0.2, 0) is 4.79 Å². The molecule has 4 fully saturated rings. The van der Waals surface area contributed by atoms with Gasteiger partial charge in [-0.05, 0) is 49.7 Å². The number of ether oxygens (including phenoxy) is 1. The van der Waals surface area contributed by atoms with Crippen LogP contribution in [0.15, 0.2) is 24.3 Å². The molecule has 2 heterocycles. The Morgan fingerprint density at radius 1 is 1.18 bits per heavy atom. The monoisotopic (exact) mass is 382 g/mol. The number of fused-ring (bicyclic) bond motifs is 3. The van der Waals surface area contributed by atoms with Crippen molar-refractivity contribution in [2.75, 3.05) is 13.1 Å². The van der Waals surface area contributed by atoms with Gasteiger partial charge in [-0.25, -0.2) is 0 Å². The molecule has 1 spiro atoms. The third-order valence-corrected chi connectivity index (χ3v) is 7.72. The third-order valence-electron chi connectivity index (χ3n) is 7.72. The second-order valence-electron chi connectivity index (χ2n) is 9.54. The lowest BCUT2D eigenvalue weighted by molar-refractivity contribution is -0.174. The standard InChI is InChI=1S/C23H30N2O3/c1-22-11-10-16(14-18(22)21(27)25-12-6-2-3-7-13-25)23(15-22)24-20(26)17-8-4-5-9-19(17)28-23/h4-5,8-9,16,18H,2-3,6-7,10-15H2,1H3,(H,24,26)/t16-,18-,22+,23+/m1/s1. The summed E-state index contributed by atoms with van der Waals surface area (Å²) in [6.07, 6.45) is 8.28. The van der Waals surface area contributed by atoms with Crippen LogP contribution >= 0.6 is 0 Å². The summed E-state index contributed by atoms with van der Waals surface area (Å²) in [6.45, 7) is 4.05. The Labute approximate surface area is 166 Å². The Hall–Kier alpha value is -2.04. The third kappa shape index (κ3) is 2.73. The largest absolute Gasteiger partial charge is 0.467 e. The molecule has 28 heavy (non-hydrogen) atoms. The van der Waals surface area contributed by atoms with Crippen molar-refractivity contribution in [3.8, 4) is 5.75 Å². The van der Waals surface area contributed by atoms with Crippen LogP contribution in [0.25, 0.3) is 0 Å². The molecule has 1 aromatic rings. The van der Waals surface area contributed by atoms with E-state index in [1.165, 1.54) is 12.8 Å². The number of likely N-dealkylation sites (tertiary alicyclic amines) is 1. The molecule has 2 amide bonds. The predicted octanol–water partition coefficient (Wildman–Crippen LogP) is 3.73. The Morgan fingerprint density at radius 2 is 1.93 bits per heavy atom. The molecule has 2 aliphatic heterocycles. The van der Waals surface area contributed by atoms with Crippen LogP contribution in [0.2, 0.25) is 0 Å². The maximum atomic E-state index is 13.4. The normalized spacial score (nSPS) is 37.0. The minimum Gasteiger partial charge on any atom is -0.467 e. The Bertz CT molecular complexity index is 801. The number of nitrogens with zero attached hydrogens (tertiary/aromatic N) is 1. The minimum atomic E-state index is -0.659. The number of rotatable bonds is 1. The number of hydrogen-bond donors (Lipinski definition) is 1. The Kier molecular flexibility index (Phi) is 4.18. The molecule has 3 aliphatic carbocycles. The molecule has 2 bridgehead atoms. The molecule has 5 aliphatic rings. The summed E-state index contributed by atoms with van der Waals surface area (Å²) in [6, 6.07) is 7.48. The summed E-state index contributed by atoms with van der Waals surface area (Å²) in [4.78, 5) is 28.3. The second kappa shape index (κ2) is 6.50. The smallest absolute Gasteiger partial charge is 0.258 e. The van der Waals surface area contributed by atoms with Gasteiger partial charge in [0.1, 0.15) is 5.75 Å². The fourth-order valence-electron chi connectivity index (χ4n) is 6.14. The first kappa shape index (κ1) is 18.0. The number of benzene rings is 1. The first-order valence-corrected chi connectivity index (χ1v) is 10.9. The highest BCUT2D eigenvalue weighted by atomic mass is 16.5. The van der Waals surface area contributed by atoms with Crippen LogP contribution < -0.4 is 10.1 Å². The first-order valence-electron chi connectivity index (χ1n) is 10.9. The van der Waals surface area contributed by atoms with E-state index < -0.39 is 5.72 Å². The SMILES string of the molecule is C[C@@]12CC[C@H](C[C@@H]1C(=O)N1CCCCCC1)[C@@]1(C2)NC(=O)c2ccccc2O1. The summed E-state index contributed by atoms with van der Waals surface area (Å²) >= 11 is 0. The highest BCUT2D eigenvalue weighted by Gasteiger charge is 2.62. The van der Waals surface area contributed by atoms with Gasteiger partial charge >= 0.3 is 0 Å². The van der Waals surface area contributed by atoms with Gasteiger partial charge in [0.2, 0.25) is 5.91 Å². The zero-order chi connectivity index (χ0) is 19.4. The van der Waals surface area contributed by atoms with E-state index >= 15 is 0 Å². The first-order chi connectivity index (χ1) is 13.5. The number of carbonyl (C=O) groups excluding carboxylic acids is 2. The lowest BCUT2D eigenvalue weighted by atomic mass is 9.52. The average molecular weight is 383 g/mol. The van der Waals surface area contributed by atoms with Crippen molar-refractivity contribution in [3.63, 3.8) is 0 Å². The molecule has 5 heteroatoms. The van der Waals surface area contributed by atoms with Gasteiger partial charge in [-0.15, -0.1) is 0 Å². The molecule has 0 radical (unpaired) electrons. The number of para-hydroxylation sites is 1. The van der Waals surface area contributed by atoms with Crippen molar-refractivity contribution in [1.82, 2.24) is 10.2 Å². The van der Waals surface area contributed by atoms with Crippen molar-refractivity contribution in [2.45, 2.75) is 64.0 Å². The van der Waals surface area contributed by atoms with Gasteiger partial charge in [0.15, 0.2) is 5.72 Å². The molecule has 1 N–H and O–H groups in total. The summed E-state index contributed by atoms with van der Waals surface area (Å²) in [5.41, 5.74) is -0.178. The summed E-state index contributed by atoms with van der Waals surface area (Å²) in [5.74, 6) is 1.21. The molecule has 6 rings (SSSR count). The van der Waals surface area contributed by atoms with E-state index in [0.29, 0.717) is 17.2 Å². The number of amides is 2. The molecular weight excluding hydrogens is 352 g/mol. The number of nitrogens with one attached hydrogen (secondary N) is 1. The van der Waals surface area contributed by atoms with Crippen molar-refractivity contribution in [3.05, 3.63) is 29.8 Å². The van der Waals surface area contributed by atoms with E-state index in [1.54, 1.807) is 0 Å². The predicted molar refractivity (Wildman–Crippen MR) is 106 cm³/mol. The summed E-state index contributed by atoms with van der Waals surface area (Å²) in [7, 11) is 0. The maximum Gasteiger partial charge on any atom is 0.258 e. The molecule has 5 nitrogen and oxygen atoms in total. The van der Waals surface area contributed by atoms with Gasteiger partial charge in [0, 0.05) is 31.3 Å². The fourth-order valence-corrected chi connectivity index (χ4v) is 6.14. The van der Waals surface area contributed by atoms with E-state index in [0.717, 1.165) is 51.6 Å². The van der Waals surface area contributed by atoms with Crippen molar-refractivity contribution in [1.29, 1.82) is 0 Å². The van der Waals surface area contributed by atoms with E-state index in [9.17, 15) is 9.59 Å². The van der Waals surface area contributed by atoms with Crippen LogP contribution in [0.3, 0.4) is 0 Å². The second-order valence-corrected chi connectivity index (χ2v) is 9.54. The van der Waals surface area contributed by atoms with Crippen molar-refractivity contribution >= 4 is 11.8 Å². The van der Waals surface area contributed by atoms with E-state index in [-0.39, 0.29) is 23.2 Å². The number of hydrogen-bond acceptors (Lipinski definition) is 3.